The molecule has 1 rings (SSSR count). The molecule has 20 nitrogen and oxygen atoms in total. The monoisotopic (exact) mass is 823 g/mol. The second-order valence-corrected chi connectivity index (χ2v) is 13.9. The predicted molar refractivity (Wildman–Crippen MR) is 225 cm³/mol. The van der Waals surface area contributed by atoms with E-state index in [0.29, 0.717) is 137 Å². The van der Waals surface area contributed by atoms with Crippen LogP contribution in [0.25, 0.3) is 0 Å². The first-order chi connectivity index (χ1) is 28.1. The van der Waals surface area contributed by atoms with E-state index in [2.05, 4.69) is 55.0 Å². The first-order valence-electron chi connectivity index (χ1n) is 20.7. The zero-order valence-electron chi connectivity index (χ0n) is 34.6. The molecule has 0 aromatic heterocycles. The summed E-state index contributed by atoms with van der Waals surface area (Å²) in [5.74, 6) is -0.465. The highest BCUT2D eigenvalue weighted by molar-refractivity contribution is 5.78. The average Bonchev–Trinajstić information content (AvgIpc) is 3.75. The fourth-order valence-electron chi connectivity index (χ4n) is 5.77. The van der Waals surface area contributed by atoms with Crippen LogP contribution in [0.3, 0.4) is 0 Å². The molecule has 4 radical (unpaired) electrons. The summed E-state index contributed by atoms with van der Waals surface area (Å²) in [6.45, 7) is 9.22. The minimum atomic E-state index is -0.140. The Kier molecular flexibility index (Phi) is 32.1. The number of nitrogens with two attached hydrogens (primary N) is 4. The molecule has 0 aliphatic heterocycles. The van der Waals surface area contributed by atoms with E-state index >= 15 is 0 Å². The lowest BCUT2D eigenvalue weighted by atomic mass is 10.1. The molecule has 0 aromatic carbocycles. The highest BCUT2D eigenvalue weighted by atomic mass is 16.2. The summed E-state index contributed by atoms with van der Waals surface area (Å²) in [7, 11) is 0. The number of amides is 6. The van der Waals surface area contributed by atoms with Crippen LogP contribution in [0, 0.1) is 31.6 Å². The maximum atomic E-state index is 13.0. The first kappa shape index (κ1) is 52.5. The predicted octanol–water partition coefficient (Wildman–Crippen LogP) is -5.20. The lowest BCUT2D eigenvalue weighted by molar-refractivity contribution is -0.123. The molecular weight excluding hydrogens is 749 g/mol. The summed E-state index contributed by atoms with van der Waals surface area (Å²) >= 11 is 0. The van der Waals surface area contributed by atoms with E-state index in [4.69, 9.17) is 22.9 Å². The fourth-order valence-corrected chi connectivity index (χ4v) is 5.77. The highest BCUT2D eigenvalue weighted by Crippen LogP contribution is 2.19. The van der Waals surface area contributed by atoms with Crippen LogP contribution < -0.4 is 60.2 Å². The van der Waals surface area contributed by atoms with E-state index in [9.17, 15) is 28.8 Å². The van der Waals surface area contributed by atoms with Crippen molar-refractivity contribution in [3.63, 3.8) is 0 Å². The van der Waals surface area contributed by atoms with Gasteiger partial charge in [-0.05, 0) is 38.1 Å². The van der Waals surface area contributed by atoms with Gasteiger partial charge in [0.25, 0.3) is 0 Å². The first-order valence-corrected chi connectivity index (χ1v) is 20.7. The molecule has 1 saturated carbocycles. The van der Waals surface area contributed by atoms with Gasteiger partial charge in [-0.25, -0.2) is 0 Å². The Morgan fingerprint density at radius 2 is 0.638 bits per heavy atom. The number of carbonyl (C=O) groups is 6. The van der Waals surface area contributed by atoms with Gasteiger partial charge in [-0.1, -0.05) is 0 Å². The lowest BCUT2D eigenvalue weighted by Crippen LogP contribution is -2.42. The normalized spacial score (nSPS) is 12.9. The third-order valence-electron chi connectivity index (χ3n) is 9.11. The van der Waals surface area contributed by atoms with Crippen LogP contribution in [0.2, 0.25) is 0 Å². The molecule has 0 heterocycles. The molecule has 0 unspecified atom stereocenters. The Morgan fingerprint density at radius 1 is 0.379 bits per heavy atom. The van der Waals surface area contributed by atoms with Crippen molar-refractivity contribution in [3.8, 4) is 0 Å². The molecular formula is C38H74N14O6. The highest BCUT2D eigenvalue weighted by Gasteiger charge is 2.17. The van der Waals surface area contributed by atoms with Crippen molar-refractivity contribution in [2.75, 3.05) is 137 Å². The summed E-state index contributed by atoms with van der Waals surface area (Å²) in [5, 5.41) is 20.4. The zero-order chi connectivity index (χ0) is 42.6. The largest absolute Gasteiger partial charge is 0.355 e. The fraction of sp³-hybridized carbons (Fsp3) is 0.737. The van der Waals surface area contributed by atoms with Gasteiger partial charge in [0.1, 0.15) is 0 Å². The van der Waals surface area contributed by atoms with Crippen LogP contribution in [0.15, 0.2) is 0 Å². The molecule has 15 N–H and O–H groups in total. The van der Waals surface area contributed by atoms with Gasteiger partial charge in [0.05, 0.1) is 0 Å². The van der Waals surface area contributed by atoms with Crippen LogP contribution in [0.5, 0.6) is 0 Å². The van der Waals surface area contributed by atoms with E-state index in [1.54, 1.807) is 0 Å². The van der Waals surface area contributed by atoms with Crippen LogP contribution >= 0.6 is 0 Å². The molecule has 332 valence electrons. The number of hydrogen-bond acceptors (Lipinski definition) is 14. The minimum Gasteiger partial charge on any atom is -0.355 e. The molecule has 20 heteroatoms. The Morgan fingerprint density at radius 3 is 0.914 bits per heavy atom. The number of hydrogen-bond donors (Lipinski definition) is 11. The molecule has 0 spiro atoms. The molecule has 58 heavy (non-hydrogen) atoms. The Balaban J connectivity index is 2.67. The number of nitrogens with one attached hydrogen (secondary N) is 7. The summed E-state index contributed by atoms with van der Waals surface area (Å²) in [5.41, 5.74) is 21.9. The molecule has 1 fully saturated rings. The van der Waals surface area contributed by atoms with Crippen molar-refractivity contribution >= 4 is 35.4 Å². The third kappa shape index (κ3) is 29.7. The molecule has 6 amide bonds. The van der Waals surface area contributed by atoms with Crippen molar-refractivity contribution < 1.29 is 28.8 Å². The number of carbonyl (C=O) groups excluding carboxylic acids is 6. The summed E-state index contributed by atoms with van der Waals surface area (Å²) in [6, 6.07) is 0. The van der Waals surface area contributed by atoms with Crippen molar-refractivity contribution in [1.29, 1.82) is 0 Å². The quantitative estimate of drug-likeness (QED) is 0.0261. The second kappa shape index (κ2) is 35.4. The number of nitrogens with zero attached hydrogens (tertiary/aromatic N) is 3. The van der Waals surface area contributed by atoms with Crippen LogP contribution in [-0.2, 0) is 28.8 Å². The lowest BCUT2D eigenvalue weighted by Gasteiger charge is -2.24. The van der Waals surface area contributed by atoms with Crippen LogP contribution in [0.4, 0.5) is 0 Å². The van der Waals surface area contributed by atoms with Gasteiger partial charge >= 0.3 is 0 Å². The van der Waals surface area contributed by atoms with E-state index in [0.717, 1.165) is 6.54 Å². The summed E-state index contributed by atoms with van der Waals surface area (Å²) in [6.07, 6.45) is 9.71. The van der Waals surface area contributed by atoms with Crippen LogP contribution in [0.1, 0.15) is 38.5 Å². The minimum absolute atomic E-state index is 0.131. The standard InChI is InChI=1S/C38H74N14O6/c39-11-15-44-33(53)5-24-51(25-6-34(54)45-16-12-40)29-20-48-37(57)9-22-50(28-19-43-31-32-3-1-2-4-32)23-10-38(58)49-21-30-52(26-7-35(55)46-17-13-41)27-8-36(56)47-18-14-42/h1-4,32,43H,5-31,39-42H2,(H,44,53)(H,45,54)(H,46,55)(H,47,56)(H,48,57)(H,49,58). The average molecular weight is 823 g/mol. The summed E-state index contributed by atoms with van der Waals surface area (Å²) in [4.78, 5) is 80.6. The molecule has 0 atom stereocenters. The van der Waals surface area contributed by atoms with Gasteiger partial charge < -0.3 is 74.9 Å². The van der Waals surface area contributed by atoms with E-state index in [1.807, 2.05) is 22.6 Å². The van der Waals surface area contributed by atoms with Gasteiger partial charge in [-0.15, -0.1) is 0 Å². The van der Waals surface area contributed by atoms with Gasteiger partial charge in [0, 0.05) is 169 Å². The maximum Gasteiger partial charge on any atom is 0.221 e. The van der Waals surface area contributed by atoms with Crippen molar-refractivity contribution in [1.82, 2.24) is 51.9 Å². The van der Waals surface area contributed by atoms with Gasteiger partial charge in [0.2, 0.25) is 35.4 Å². The Labute approximate surface area is 346 Å². The zero-order valence-corrected chi connectivity index (χ0v) is 34.6. The second-order valence-electron chi connectivity index (χ2n) is 13.9. The maximum absolute atomic E-state index is 13.0. The number of rotatable bonds is 37. The summed E-state index contributed by atoms with van der Waals surface area (Å²) < 4.78 is 0. The van der Waals surface area contributed by atoms with Gasteiger partial charge in [0.15, 0.2) is 0 Å². The smallest absolute Gasteiger partial charge is 0.221 e. The molecule has 1 aliphatic carbocycles. The van der Waals surface area contributed by atoms with E-state index in [-0.39, 0.29) is 74.0 Å². The van der Waals surface area contributed by atoms with Gasteiger partial charge in [-0.3, -0.25) is 28.8 Å². The van der Waals surface area contributed by atoms with Gasteiger partial charge in [-0.2, -0.15) is 0 Å². The Bertz CT molecular complexity index is 1020. The van der Waals surface area contributed by atoms with Crippen molar-refractivity contribution in [3.05, 3.63) is 25.7 Å². The molecule has 0 bridgehead atoms. The van der Waals surface area contributed by atoms with Crippen molar-refractivity contribution in [2.24, 2.45) is 28.9 Å². The third-order valence-corrected chi connectivity index (χ3v) is 9.11. The SMILES string of the molecule is NCCNC(=O)CCN(CCNC(=O)CCN(CCNCC1[CH][CH][CH][CH]1)CCC(=O)NCCN(CCC(=O)NCCN)CCC(=O)NCCN)CCC(=O)NCCN. The molecule has 0 saturated heterocycles. The van der Waals surface area contributed by atoms with Crippen LogP contribution in [-0.4, -0.2) is 188 Å². The van der Waals surface area contributed by atoms with Crippen molar-refractivity contribution in [2.45, 2.75) is 38.5 Å². The molecule has 0 aromatic rings. The topological polar surface area (TPSA) is 300 Å². The van der Waals surface area contributed by atoms with E-state index in [1.165, 1.54) is 0 Å². The van der Waals surface area contributed by atoms with E-state index < -0.39 is 0 Å². The Hall–Kier alpha value is -3.50. The molecule has 1 aliphatic rings.